The fourth-order valence-electron chi connectivity index (χ4n) is 2.79. The van der Waals surface area contributed by atoms with Crippen LogP contribution >= 0.6 is 0 Å². The summed E-state index contributed by atoms with van der Waals surface area (Å²) in [6.07, 6.45) is 6.79. The van der Waals surface area contributed by atoms with Crippen LogP contribution in [0.3, 0.4) is 0 Å². The van der Waals surface area contributed by atoms with Gasteiger partial charge in [0.2, 0.25) is 0 Å². The molecular formula is C21H27NO2. The van der Waals surface area contributed by atoms with Crippen molar-refractivity contribution in [1.29, 1.82) is 0 Å². The molecule has 1 amide bonds. The van der Waals surface area contributed by atoms with E-state index in [1.54, 1.807) is 12.1 Å². The van der Waals surface area contributed by atoms with Gasteiger partial charge in [-0.15, -0.1) is 6.58 Å². The Morgan fingerprint density at radius 1 is 1.04 bits per heavy atom. The SMILES string of the molecule is C=C(C)CCCCCCCNC(=O)c1cc2ccccc2cc1O. The minimum atomic E-state index is -0.208. The molecule has 0 aliphatic rings. The Bertz CT molecular complexity index is 706. The van der Waals surface area contributed by atoms with E-state index in [1.165, 1.54) is 24.8 Å². The molecule has 2 N–H and O–H groups in total. The molecule has 0 unspecified atom stereocenters. The Kier molecular flexibility index (Phi) is 6.86. The fraction of sp³-hybridized carbons (Fsp3) is 0.381. The first kappa shape index (κ1) is 18.1. The van der Waals surface area contributed by atoms with E-state index in [4.69, 9.17) is 0 Å². The molecule has 0 radical (unpaired) electrons. The van der Waals surface area contributed by atoms with E-state index >= 15 is 0 Å². The van der Waals surface area contributed by atoms with E-state index in [9.17, 15) is 9.90 Å². The lowest BCUT2D eigenvalue weighted by Crippen LogP contribution is -2.24. The van der Waals surface area contributed by atoms with Gasteiger partial charge in [-0.25, -0.2) is 0 Å². The predicted octanol–water partition coefficient (Wildman–Crippen LogP) is 5.19. The number of nitrogens with one attached hydrogen (secondary N) is 1. The second-order valence-corrected chi connectivity index (χ2v) is 6.45. The highest BCUT2D eigenvalue weighted by Gasteiger charge is 2.11. The molecule has 0 saturated heterocycles. The molecule has 24 heavy (non-hydrogen) atoms. The summed E-state index contributed by atoms with van der Waals surface area (Å²) in [6, 6.07) is 11.1. The number of benzene rings is 2. The number of carbonyl (C=O) groups excluding carboxylic acids is 1. The van der Waals surface area contributed by atoms with Crippen LogP contribution in [0.2, 0.25) is 0 Å². The van der Waals surface area contributed by atoms with Crippen LogP contribution in [0.4, 0.5) is 0 Å². The van der Waals surface area contributed by atoms with Crippen molar-refractivity contribution >= 4 is 16.7 Å². The number of unbranched alkanes of at least 4 members (excludes halogenated alkanes) is 4. The Balaban J connectivity index is 1.75. The van der Waals surface area contributed by atoms with Crippen molar-refractivity contribution in [2.75, 3.05) is 6.54 Å². The summed E-state index contributed by atoms with van der Waals surface area (Å²) in [7, 11) is 0. The number of allylic oxidation sites excluding steroid dienone is 1. The summed E-state index contributed by atoms with van der Waals surface area (Å²) < 4.78 is 0. The third kappa shape index (κ3) is 5.41. The largest absolute Gasteiger partial charge is 0.507 e. The predicted molar refractivity (Wildman–Crippen MR) is 100 cm³/mol. The van der Waals surface area contributed by atoms with Gasteiger partial charge in [0.15, 0.2) is 0 Å². The maximum absolute atomic E-state index is 12.2. The highest BCUT2D eigenvalue weighted by molar-refractivity contribution is 6.01. The first-order valence-electron chi connectivity index (χ1n) is 8.72. The Morgan fingerprint density at radius 2 is 1.67 bits per heavy atom. The standard InChI is InChI=1S/C21H27NO2/c1-16(2)10-6-4-3-5-9-13-22-21(24)19-14-17-11-7-8-12-18(17)15-20(19)23/h7-8,11-12,14-15,23H,1,3-6,9-10,13H2,2H3,(H,22,24). The molecule has 0 aliphatic heterocycles. The molecular weight excluding hydrogens is 298 g/mol. The average Bonchev–Trinajstić information content (AvgIpc) is 2.56. The number of rotatable bonds is 9. The van der Waals surface area contributed by atoms with Gasteiger partial charge in [0, 0.05) is 6.54 Å². The summed E-state index contributed by atoms with van der Waals surface area (Å²) in [5.41, 5.74) is 1.59. The summed E-state index contributed by atoms with van der Waals surface area (Å²) in [4.78, 5) is 12.2. The quantitative estimate of drug-likeness (QED) is 0.492. The van der Waals surface area contributed by atoms with Gasteiger partial charge >= 0.3 is 0 Å². The van der Waals surface area contributed by atoms with Gasteiger partial charge in [-0.2, -0.15) is 0 Å². The lowest BCUT2D eigenvalue weighted by Gasteiger charge is -2.08. The topological polar surface area (TPSA) is 49.3 Å². The molecule has 0 heterocycles. The molecule has 2 rings (SSSR count). The number of phenols is 1. The van der Waals surface area contributed by atoms with E-state index in [2.05, 4.69) is 18.8 Å². The van der Waals surface area contributed by atoms with Gasteiger partial charge in [0.25, 0.3) is 5.91 Å². The maximum Gasteiger partial charge on any atom is 0.255 e. The summed E-state index contributed by atoms with van der Waals surface area (Å²) in [5.74, 6) is -0.175. The minimum Gasteiger partial charge on any atom is -0.507 e. The minimum absolute atomic E-state index is 0.0333. The van der Waals surface area contributed by atoms with Gasteiger partial charge in [-0.1, -0.05) is 49.1 Å². The maximum atomic E-state index is 12.2. The van der Waals surface area contributed by atoms with Crippen LogP contribution in [-0.2, 0) is 0 Å². The van der Waals surface area contributed by atoms with Crippen LogP contribution in [0.1, 0.15) is 55.8 Å². The highest BCUT2D eigenvalue weighted by atomic mass is 16.3. The number of hydrogen-bond acceptors (Lipinski definition) is 2. The van der Waals surface area contributed by atoms with Crippen LogP contribution in [-0.4, -0.2) is 17.6 Å². The number of fused-ring (bicyclic) bond motifs is 1. The van der Waals surface area contributed by atoms with Crippen LogP contribution < -0.4 is 5.32 Å². The van der Waals surface area contributed by atoms with Gasteiger partial charge in [-0.3, -0.25) is 4.79 Å². The van der Waals surface area contributed by atoms with Crippen LogP contribution in [0, 0.1) is 0 Å². The normalized spacial score (nSPS) is 10.7. The molecule has 3 heteroatoms. The van der Waals surface area contributed by atoms with Crippen LogP contribution in [0.25, 0.3) is 10.8 Å². The number of aromatic hydroxyl groups is 1. The molecule has 0 aliphatic carbocycles. The molecule has 128 valence electrons. The summed E-state index contributed by atoms with van der Waals surface area (Å²) in [6.45, 7) is 6.62. The molecule has 0 fully saturated rings. The number of amides is 1. The lowest BCUT2D eigenvalue weighted by molar-refractivity contribution is 0.0950. The van der Waals surface area contributed by atoms with E-state index < -0.39 is 0 Å². The molecule has 0 bridgehead atoms. The number of carbonyl (C=O) groups is 1. The molecule has 0 saturated carbocycles. The molecule has 3 nitrogen and oxygen atoms in total. The van der Waals surface area contributed by atoms with E-state index in [-0.39, 0.29) is 11.7 Å². The molecule has 0 atom stereocenters. The monoisotopic (exact) mass is 325 g/mol. The Morgan fingerprint density at radius 3 is 2.38 bits per heavy atom. The van der Waals surface area contributed by atoms with Crippen molar-refractivity contribution in [1.82, 2.24) is 5.32 Å². The molecule has 0 spiro atoms. The average molecular weight is 325 g/mol. The zero-order valence-corrected chi connectivity index (χ0v) is 14.5. The van der Waals surface area contributed by atoms with Gasteiger partial charge in [0.1, 0.15) is 5.75 Å². The van der Waals surface area contributed by atoms with E-state index in [1.807, 2.05) is 24.3 Å². The fourth-order valence-corrected chi connectivity index (χ4v) is 2.79. The van der Waals surface area contributed by atoms with Gasteiger partial charge in [-0.05, 0) is 49.1 Å². The zero-order chi connectivity index (χ0) is 17.4. The molecule has 2 aromatic rings. The van der Waals surface area contributed by atoms with Crippen LogP contribution in [0.15, 0.2) is 48.6 Å². The Hall–Kier alpha value is -2.29. The molecule has 0 aromatic heterocycles. The van der Waals surface area contributed by atoms with Crippen molar-refractivity contribution in [3.63, 3.8) is 0 Å². The number of hydrogen-bond donors (Lipinski definition) is 2. The highest BCUT2D eigenvalue weighted by Crippen LogP contribution is 2.24. The van der Waals surface area contributed by atoms with Crippen molar-refractivity contribution in [2.24, 2.45) is 0 Å². The third-order valence-corrected chi connectivity index (χ3v) is 4.17. The second-order valence-electron chi connectivity index (χ2n) is 6.45. The van der Waals surface area contributed by atoms with Gasteiger partial charge < -0.3 is 10.4 Å². The van der Waals surface area contributed by atoms with Crippen LogP contribution in [0.5, 0.6) is 5.75 Å². The second kappa shape index (κ2) is 9.11. The van der Waals surface area contributed by atoms with Crippen molar-refractivity contribution in [2.45, 2.75) is 45.4 Å². The number of phenolic OH excluding ortho intramolecular Hbond substituents is 1. The smallest absolute Gasteiger partial charge is 0.255 e. The first-order chi connectivity index (χ1) is 11.6. The molecule has 2 aromatic carbocycles. The van der Waals surface area contributed by atoms with E-state index in [0.29, 0.717) is 12.1 Å². The lowest BCUT2D eigenvalue weighted by atomic mass is 10.1. The van der Waals surface area contributed by atoms with E-state index in [0.717, 1.165) is 30.0 Å². The van der Waals surface area contributed by atoms with Crippen molar-refractivity contribution in [3.05, 3.63) is 54.1 Å². The summed E-state index contributed by atoms with van der Waals surface area (Å²) >= 11 is 0. The Labute approximate surface area is 144 Å². The van der Waals surface area contributed by atoms with Crippen molar-refractivity contribution < 1.29 is 9.90 Å². The zero-order valence-electron chi connectivity index (χ0n) is 14.5. The summed E-state index contributed by atoms with van der Waals surface area (Å²) in [5, 5.41) is 14.8. The third-order valence-electron chi connectivity index (χ3n) is 4.17. The van der Waals surface area contributed by atoms with Gasteiger partial charge in [0.05, 0.1) is 5.56 Å². The first-order valence-corrected chi connectivity index (χ1v) is 8.72. The van der Waals surface area contributed by atoms with Crippen molar-refractivity contribution in [3.8, 4) is 5.75 Å².